The lowest BCUT2D eigenvalue weighted by Gasteiger charge is -2.32. The quantitative estimate of drug-likeness (QED) is 0.716. The minimum atomic E-state index is -0.0216. The van der Waals surface area contributed by atoms with Crippen molar-refractivity contribution in [3.05, 3.63) is 60.2 Å². The molecule has 1 unspecified atom stereocenters. The maximum atomic E-state index is 12.7. The number of aryl methyl sites for hydroxylation is 1. The summed E-state index contributed by atoms with van der Waals surface area (Å²) < 4.78 is 2.01. The first-order valence-corrected chi connectivity index (χ1v) is 9.14. The Bertz CT molecular complexity index is 952. The van der Waals surface area contributed by atoms with E-state index < -0.39 is 0 Å². The normalized spacial score (nSPS) is 17.1. The molecule has 1 amide bonds. The number of hydrogen-bond donors (Lipinski definition) is 0. The zero-order chi connectivity index (χ0) is 18.8. The van der Waals surface area contributed by atoms with Crippen molar-refractivity contribution in [3.8, 4) is 11.4 Å². The highest BCUT2D eigenvalue weighted by Gasteiger charge is 2.27. The van der Waals surface area contributed by atoms with E-state index in [0.717, 1.165) is 42.3 Å². The van der Waals surface area contributed by atoms with Crippen molar-refractivity contribution in [2.75, 3.05) is 13.1 Å². The standard InChI is InChI=1S/C20H22N6O/c1-14-23-12-19(25(14)2)18-11-21-10-17(24-18)15-6-5-9-26(13-15)20(27)16-7-3-4-8-22-16/h3-4,7-8,10-12,15H,5-6,9,13H2,1-2H3. The Hall–Kier alpha value is -3.09. The van der Waals surface area contributed by atoms with Crippen LogP contribution < -0.4 is 0 Å². The van der Waals surface area contributed by atoms with E-state index in [1.54, 1.807) is 18.5 Å². The number of carbonyl (C=O) groups excluding carboxylic acids is 1. The lowest BCUT2D eigenvalue weighted by molar-refractivity contribution is 0.0700. The Morgan fingerprint density at radius 1 is 1.19 bits per heavy atom. The predicted octanol–water partition coefficient (Wildman–Crippen LogP) is 2.60. The molecule has 7 heteroatoms. The number of aromatic nitrogens is 5. The first kappa shape index (κ1) is 17.3. The van der Waals surface area contributed by atoms with Crippen LogP contribution in [0.3, 0.4) is 0 Å². The molecule has 0 radical (unpaired) electrons. The van der Waals surface area contributed by atoms with Crippen molar-refractivity contribution in [3.63, 3.8) is 0 Å². The second-order valence-electron chi connectivity index (χ2n) is 6.88. The van der Waals surface area contributed by atoms with Crippen molar-refractivity contribution in [2.24, 2.45) is 7.05 Å². The molecule has 3 aromatic heterocycles. The zero-order valence-electron chi connectivity index (χ0n) is 15.5. The predicted molar refractivity (Wildman–Crippen MR) is 101 cm³/mol. The van der Waals surface area contributed by atoms with Gasteiger partial charge in [-0.3, -0.25) is 14.8 Å². The number of amides is 1. The molecule has 27 heavy (non-hydrogen) atoms. The molecule has 1 fully saturated rings. The van der Waals surface area contributed by atoms with Gasteiger partial charge in [0.1, 0.15) is 17.2 Å². The van der Waals surface area contributed by atoms with Gasteiger partial charge in [0.2, 0.25) is 0 Å². The van der Waals surface area contributed by atoms with Crippen LogP contribution >= 0.6 is 0 Å². The third-order valence-electron chi connectivity index (χ3n) is 5.15. The third kappa shape index (κ3) is 3.45. The number of piperidine rings is 1. The molecular weight excluding hydrogens is 340 g/mol. The smallest absolute Gasteiger partial charge is 0.272 e. The summed E-state index contributed by atoms with van der Waals surface area (Å²) in [5.74, 6) is 1.09. The lowest BCUT2D eigenvalue weighted by Crippen LogP contribution is -2.39. The van der Waals surface area contributed by atoms with Crippen molar-refractivity contribution in [2.45, 2.75) is 25.7 Å². The molecule has 1 saturated heterocycles. The SMILES string of the molecule is Cc1ncc(-c2cncc(C3CCCN(C(=O)c4ccccn4)C3)n2)n1C. The van der Waals surface area contributed by atoms with E-state index >= 15 is 0 Å². The minimum Gasteiger partial charge on any atom is -0.337 e. The van der Waals surface area contributed by atoms with Gasteiger partial charge in [0, 0.05) is 38.4 Å². The molecule has 1 atom stereocenters. The summed E-state index contributed by atoms with van der Waals surface area (Å²) >= 11 is 0. The first-order valence-electron chi connectivity index (χ1n) is 9.14. The van der Waals surface area contributed by atoms with E-state index in [1.165, 1.54) is 0 Å². The number of carbonyl (C=O) groups is 1. The van der Waals surface area contributed by atoms with Crippen LogP contribution in [-0.4, -0.2) is 48.4 Å². The van der Waals surface area contributed by atoms with Crippen LogP contribution in [0.1, 0.15) is 40.8 Å². The Kier molecular flexibility index (Phi) is 4.66. The molecule has 0 N–H and O–H groups in total. The van der Waals surface area contributed by atoms with E-state index in [0.29, 0.717) is 12.2 Å². The second-order valence-corrected chi connectivity index (χ2v) is 6.88. The first-order chi connectivity index (χ1) is 13.1. The molecule has 0 bridgehead atoms. The van der Waals surface area contributed by atoms with E-state index in [4.69, 9.17) is 4.98 Å². The molecular formula is C20H22N6O. The molecule has 0 spiro atoms. The average molecular weight is 362 g/mol. The highest BCUT2D eigenvalue weighted by Crippen LogP contribution is 2.27. The van der Waals surface area contributed by atoms with Crippen LogP contribution in [0.5, 0.6) is 0 Å². The summed E-state index contributed by atoms with van der Waals surface area (Å²) in [5, 5.41) is 0. The Morgan fingerprint density at radius 3 is 2.81 bits per heavy atom. The Balaban J connectivity index is 1.56. The molecule has 3 aromatic rings. The fraction of sp³-hybridized carbons (Fsp3) is 0.350. The highest BCUT2D eigenvalue weighted by molar-refractivity contribution is 5.92. The van der Waals surface area contributed by atoms with Gasteiger partial charge in [0.05, 0.1) is 23.8 Å². The summed E-state index contributed by atoms with van der Waals surface area (Å²) in [6, 6.07) is 5.42. The summed E-state index contributed by atoms with van der Waals surface area (Å²) in [6.45, 7) is 3.35. The van der Waals surface area contributed by atoms with Gasteiger partial charge in [-0.1, -0.05) is 6.07 Å². The average Bonchev–Trinajstić information content (AvgIpc) is 3.07. The number of imidazole rings is 1. The summed E-state index contributed by atoms with van der Waals surface area (Å²) in [6.07, 6.45) is 8.99. The summed E-state index contributed by atoms with van der Waals surface area (Å²) in [5.41, 5.74) is 3.16. The van der Waals surface area contributed by atoms with Crippen LogP contribution in [-0.2, 0) is 7.05 Å². The van der Waals surface area contributed by atoms with Crippen LogP contribution in [0.25, 0.3) is 11.4 Å². The summed E-state index contributed by atoms with van der Waals surface area (Å²) in [7, 11) is 1.97. The highest BCUT2D eigenvalue weighted by atomic mass is 16.2. The van der Waals surface area contributed by atoms with Gasteiger partial charge in [0.15, 0.2) is 0 Å². The minimum absolute atomic E-state index is 0.0216. The maximum absolute atomic E-state index is 12.7. The fourth-order valence-electron chi connectivity index (χ4n) is 3.50. The van der Waals surface area contributed by atoms with Gasteiger partial charge in [-0.2, -0.15) is 0 Å². The zero-order valence-corrected chi connectivity index (χ0v) is 15.5. The van der Waals surface area contributed by atoms with Crippen molar-refractivity contribution >= 4 is 5.91 Å². The van der Waals surface area contributed by atoms with Gasteiger partial charge >= 0.3 is 0 Å². The summed E-state index contributed by atoms with van der Waals surface area (Å²) in [4.78, 5) is 32.4. The van der Waals surface area contributed by atoms with Gasteiger partial charge in [0.25, 0.3) is 5.91 Å². The van der Waals surface area contributed by atoms with E-state index in [1.807, 2.05) is 48.0 Å². The number of nitrogens with zero attached hydrogens (tertiary/aromatic N) is 6. The topological polar surface area (TPSA) is 76.8 Å². The molecule has 4 heterocycles. The van der Waals surface area contributed by atoms with Crippen LogP contribution in [0.4, 0.5) is 0 Å². The van der Waals surface area contributed by atoms with Crippen molar-refractivity contribution in [1.29, 1.82) is 0 Å². The van der Waals surface area contributed by atoms with Gasteiger partial charge in [-0.15, -0.1) is 0 Å². The van der Waals surface area contributed by atoms with Crippen molar-refractivity contribution in [1.82, 2.24) is 29.4 Å². The number of hydrogen-bond acceptors (Lipinski definition) is 5. The molecule has 7 nitrogen and oxygen atoms in total. The van der Waals surface area contributed by atoms with Crippen molar-refractivity contribution < 1.29 is 4.79 Å². The van der Waals surface area contributed by atoms with E-state index in [2.05, 4.69) is 15.0 Å². The van der Waals surface area contributed by atoms with Gasteiger partial charge < -0.3 is 9.47 Å². The molecule has 138 valence electrons. The molecule has 1 aliphatic rings. The Labute approximate surface area is 158 Å². The molecule has 0 saturated carbocycles. The molecule has 0 aromatic carbocycles. The Morgan fingerprint density at radius 2 is 2.07 bits per heavy atom. The maximum Gasteiger partial charge on any atom is 0.272 e. The van der Waals surface area contributed by atoms with E-state index in [9.17, 15) is 4.79 Å². The van der Waals surface area contributed by atoms with Gasteiger partial charge in [-0.05, 0) is 31.9 Å². The second kappa shape index (κ2) is 7.26. The molecule has 4 rings (SSSR count). The lowest BCUT2D eigenvalue weighted by atomic mass is 9.94. The van der Waals surface area contributed by atoms with E-state index in [-0.39, 0.29) is 11.8 Å². The fourth-order valence-corrected chi connectivity index (χ4v) is 3.50. The van der Waals surface area contributed by atoms with Crippen LogP contribution in [0.2, 0.25) is 0 Å². The molecule has 1 aliphatic heterocycles. The number of likely N-dealkylation sites (tertiary alicyclic amines) is 1. The third-order valence-corrected chi connectivity index (χ3v) is 5.15. The largest absolute Gasteiger partial charge is 0.337 e. The van der Waals surface area contributed by atoms with Crippen LogP contribution in [0.15, 0.2) is 43.0 Å². The monoisotopic (exact) mass is 362 g/mol. The van der Waals surface area contributed by atoms with Crippen LogP contribution in [0, 0.1) is 6.92 Å². The van der Waals surface area contributed by atoms with Gasteiger partial charge in [-0.25, -0.2) is 9.97 Å². The molecule has 0 aliphatic carbocycles. The number of rotatable bonds is 3. The number of pyridine rings is 1.